The van der Waals surface area contributed by atoms with E-state index in [-0.39, 0.29) is 25.5 Å². The van der Waals surface area contributed by atoms with Crippen molar-refractivity contribution in [1.82, 2.24) is 9.97 Å². The summed E-state index contributed by atoms with van der Waals surface area (Å²) in [7, 11) is 0. The van der Waals surface area contributed by atoms with Crippen LogP contribution in [0.5, 0.6) is 0 Å². The number of pyridine rings is 2. The van der Waals surface area contributed by atoms with E-state index in [0.29, 0.717) is 5.92 Å². The Hall–Kier alpha value is -3.83. The van der Waals surface area contributed by atoms with Crippen molar-refractivity contribution in [3.8, 4) is 33.6 Å². The zero-order valence-corrected chi connectivity index (χ0v) is 34.9. The first-order valence-corrected chi connectivity index (χ1v) is 24.6. The minimum atomic E-state index is -1.91. The van der Waals surface area contributed by atoms with E-state index in [1.165, 1.54) is 16.7 Å². The molecule has 4 aromatic carbocycles. The van der Waals surface area contributed by atoms with E-state index in [1.54, 1.807) is 10.6 Å². The summed E-state index contributed by atoms with van der Waals surface area (Å²) in [4.78, 5) is 9.27. The molecule has 0 amide bonds. The minimum Gasteiger partial charge on any atom is -0.501 e. The number of aromatic nitrogens is 2. The summed E-state index contributed by atoms with van der Waals surface area (Å²) in [6.07, 6.45) is 5.08. The molecule has 0 N–H and O–H groups in total. The van der Waals surface area contributed by atoms with Gasteiger partial charge >= 0.3 is 151 Å². The predicted octanol–water partition coefficient (Wildman–Crippen LogP) is 11.7. The number of furan rings is 1. The van der Waals surface area contributed by atoms with Crippen molar-refractivity contribution >= 4 is 39.6 Å². The van der Waals surface area contributed by atoms with Gasteiger partial charge in [-0.2, -0.15) is 0 Å². The third kappa shape index (κ3) is 8.54. The molecule has 3 heterocycles. The summed E-state index contributed by atoms with van der Waals surface area (Å²) in [6, 6.07) is 42.0. The molecule has 0 aliphatic carbocycles. The van der Waals surface area contributed by atoms with Crippen molar-refractivity contribution in [3.63, 3.8) is 0 Å². The molecule has 0 aliphatic heterocycles. The van der Waals surface area contributed by atoms with E-state index in [9.17, 15) is 0 Å². The zero-order chi connectivity index (χ0) is 34.8. The summed E-state index contributed by atoms with van der Waals surface area (Å²) in [5, 5.41) is 2.20. The fourth-order valence-electron chi connectivity index (χ4n) is 6.26. The number of nitrogens with zero attached hydrogens (tertiary/aromatic N) is 2. The molecule has 1 radical (unpaired) electrons. The number of fused-ring (bicyclic) bond motifs is 3. The van der Waals surface area contributed by atoms with Gasteiger partial charge in [0, 0.05) is 31.7 Å². The summed E-state index contributed by atoms with van der Waals surface area (Å²) < 4.78 is 7.77. The van der Waals surface area contributed by atoms with Gasteiger partial charge in [0.25, 0.3) is 0 Å². The van der Waals surface area contributed by atoms with Crippen LogP contribution in [-0.2, 0) is 31.9 Å². The molecule has 50 heavy (non-hydrogen) atoms. The number of hydrogen-bond donors (Lipinski definition) is 0. The maximum absolute atomic E-state index is 6.23. The van der Waals surface area contributed by atoms with E-state index in [4.69, 9.17) is 9.40 Å². The van der Waals surface area contributed by atoms with Gasteiger partial charge in [0.2, 0.25) is 0 Å². The molecule has 0 unspecified atom stereocenters. The Labute approximate surface area is 314 Å². The van der Waals surface area contributed by atoms with Crippen LogP contribution in [0.15, 0.2) is 120 Å². The van der Waals surface area contributed by atoms with Crippen molar-refractivity contribution in [2.24, 2.45) is 5.92 Å². The van der Waals surface area contributed by atoms with E-state index < -0.39 is 13.3 Å². The molecule has 3 nitrogen and oxygen atoms in total. The molecule has 257 valence electrons. The molecular formula is C45H46GeIrN2O-2. The summed E-state index contributed by atoms with van der Waals surface area (Å²) >= 11 is -1.91. The first-order valence-electron chi connectivity index (χ1n) is 17.2. The molecule has 0 atom stereocenters. The third-order valence-electron chi connectivity index (χ3n) is 8.83. The van der Waals surface area contributed by atoms with Crippen LogP contribution in [0, 0.1) is 18.1 Å². The first kappa shape index (κ1) is 37.4. The van der Waals surface area contributed by atoms with Crippen molar-refractivity contribution in [3.05, 3.63) is 139 Å². The van der Waals surface area contributed by atoms with Crippen LogP contribution in [0.4, 0.5) is 0 Å². The van der Waals surface area contributed by atoms with Gasteiger partial charge in [-0.05, 0) is 29.0 Å². The van der Waals surface area contributed by atoms with Gasteiger partial charge in [-0.3, -0.25) is 0 Å². The Morgan fingerprint density at radius 2 is 1.48 bits per heavy atom. The molecule has 0 aliphatic rings. The molecule has 7 rings (SSSR count). The van der Waals surface area contributed by atoms with Crippen molar-refractivity contribution in [1.29, 1.82) is 0 Å². The topological polar surface area (TPSA) is 38.9 Å². The van der Waals surface area contributed by atoms with Crippen LogP contribution in [0.2, 0.25) is 17.3 Å². The van der Waals surface area contributed by atoms with E-state index in [2.05, 4.69) is 130 Å². The molecule has 3 aromatic heterocycles. The second-order valence-corrected chi connectivity index (χ2v) is 25.9. The Balaban J connectivity index is 0.000000191. The quantitative estimate of drug-likeness (QED) is 0.123. The minimum absolute atomic E-state index is 0. The van der Waals surface area contributed by atoms with Crippen LogP contribution in [-0.4, -0.2) is 23.2 Å². The Morgan fingerprint density at radius 3 is 2.16 bits per heavy atom. The molecule has 5 heteroatoms. The van der Waals surface area contributed by atoms with Gasteiger partial charge in [-0.1, -0.05) is 65.5 Å². The largest absolute Gasteiger partial charge is 0.501 e. The van der Waals surface area contributed by atoms with Crippen LogP contribution in [0.25, 0.3) is 55.6 Å². The van der Waals surface area contributed by atoms with Crippen molar-refractivity contribution in [2.45, 2.75) is 63.7 Å². The standard InChI is InChI=1S/C23H14NO.C22H32GeN.Ir/c1-2-7-16(8-3-1)17-12-13-18-19-9-6-10-20(21-11-4-5-14-24-21)23(19)25-22(18)15-17;1-16(2)12-18-14-21(24-15-20(18)23(6,7)8)17-10-9-11-19(13-17)22(3,4)5;/h1-9,11-15H;9,11,13-16H,12H2,1-8H3;/q2*-1;. The van der Waals surface area contributed by atoms with Crippen molar-refractivity contribution < 1.29 is 24.5 Å². The second kappa shape index (κ2) is 15.6. The van der Waals surface area contributed by atoms with Gasteiger partial charge in [0.05, 0.1) is 5.58 Å². The molecule has 0 spiro atoms. The molecule has 0 saturated carbocycles. The van der Waals surface area contributed by atoms with Crippen LogP contribution < -0.4 is 4.40 Å². The molecule has 0 saturated heterocycles. The van der Waals surface area contributed by atoms with E-state index in [0.717, 1.165) is 56.4 Å². The SMILES string of the molecule is CC(C)Cc1cc(-c2[c-]ccc(C(C)(C)C)c2)nc[c]1[Ge]([CH3])([CH3])[CH3].[Ir].[c-]1ccc2c(oc3cc(-c4ccccc4)ccc32)c1-c1ccccn1. The second-order valence-electron chi connectivity index (χ2n) is 15.3. The zero-order valence-electron chi connectivity index (χ0n) is 30.4. The summed E-state index contributed by atoms with van der Waals surface area (Å²) in [5.74, 6) is 8.01. The van der Waals surface area contributed by atoms with Crippen LogP contribution in [0.1, 0.15) is 45.7 Å². The Bertz CT molecular complexity index is 2190. The molecular weight excluding hydrogens is 849 g/mol. The molecule has 0 fully saturated rings. The van der Waals surface area contributed by atoms with Gasteiger partial charge in [-0.25, -0.2) is 0 Å². The average Bonchev–Trinajstić information content (AvgIpc) is 3.46. The fraction of sp³-hybridized carbons (Fsp3) is 0.244. The first-order chi connectivity index (χ1) is 23.4. The van der Waals surface area contributed by atoms with Gasteiger partial charge in [0.15, 0.2) is 0 Å². The number of rotatable bonds is 6. The Kier molecular flexibility index (Phi) is 11.7. The Morgan fingerprint density at radius 1 is 0.740 bits per heavy atom. The summed E-state index contributed by atoms with van der Waals surface area (Å²) in [6.45, 7) is 11.3. The van der Waals surface area contributed by atoms with Crippen molar-refractivity contribution in [2.75, 3.05) is 0 Å². The van der Waals surface area contributed by atoms with Crippen LogP contribution in [0.3, 0.4) is 0 Å². The maximum atomic E-state index is 6.23. The summed E-state index contributed by atoms with van der Waals surface area (Å²) in [5.41, 5.74) is 11.0. The van der Waals surface area contributed by atoms with E-state index in [1.807, 2.05) is 48.5 Å². The predicted molar refractivity (Wildman–Crippen MR) is 210 cm³/mol. The maximum Gasteiger partial charge on any atom is 0.121 e. The third-order valence-corrected chi connectivity index (χ3v) is 13.2. The van der Waals surface area contributed by atoms with E-state index >= 15 is 0 Å². The van der Waals surface area contributed by atoms with Gasteiger partial charge < -0.3 is 9.40 Å². The molecule has 0 bridgehead atoms. The number of benzene rings is 4. The smallest absolute Gasteiger partial charge is 0.121 e. The van der Waals surface area contributed by atoms with Gasteiger partial charge in [-0.15, -0.1) is 18.2 Å². The monoisotopic (exact) mass is 897 g/mol. The number of hydrogen-bond acceptors (Lipinski definition) is 3. The average molecular weight is 896 g/mol. The van der Waals surface area contributed by atoms with Gasteiger partial charge in [0.1, 0.15) is 5.58 Å². The molecule has 7 aromatic rings. The van der Waals surface area contributed by atoms with Crippen LogP contribution >= 0.6 is 0 Å². The normalized spacial score (nSPS) is 11.7. The fourth-order valence-corrected chi connectivity index (χ4v) is 9.60.